The van der Waals surface area contributed by atoms with E-state index >= 15 is 0 Å². The van der Waals surface area contributed by atoms with Gasteiger partial charge in [0.1, 0.15) is 17.6 Å². The van der Waals surface area contributed by atoms with E-state index in [1.807, 2.05) is 48.1 Å². The Morgan fingerprint density at radius 3 is 2.59 bits per heavy atom. The molecule has 1 heterocycles. The normalized spacial score (nSPS) is 11.6. The molecule has 3 rings (SSSR count). The number of carbonyl (C=O) groups is 1. The summed E-state index contributed by atoms with van der Waals surface area (Å²) in [6.07, 6.45) is 3.48. The summed E-state index contributed by atoms with van der Waals surface area (Å²) in [6.45, 7) is 0. The van der Waals surface area contributed by atoms with Crippen LogP contribution >= 0.6 is 0 Å². The Kier molecular flexibility index (Phi) is 5.16. The van der Waals surface area contributed by atoms with Crippen LogP contribution in [0.4, 0.5) is 11.4 Å². The zero-order valence-corrected chi connectivity index (χ0v) is 14.8. The molecule has 1 atom stereocenters. The molecule has 0 fully saturated rings. The topological polar surface area (TPSA) is 99.3 Å². The van der Waals surface area contributed by atoms with E-state index in [9.17, 15) is 14.9 Å². The van der Waals surface area contributed by atoms with Crippen LogP contribution in [0.3, 0.4) is 0 Å². The first-order valence-corrected chi connectivity index (χ1v) is 8.16. The summed E-state index contributed by atoms with van der Waals surface area (Å²) in [7, 11) is 3.08. The third-order valence-corrected chi connectivity index (χ3v) is 4.16. The first kappa shape index (κ1) is 18.1. The molecule has 1 N–H and O–H groups in total. The highest BCUT2D eigenvalue weighted by atomic mass is 16.6. The van der Waals surface area contributed by atoms with Crippen LogP contribution in [-0.4, -0.2) is 27.6 Å². The number of hydrogen-bond acceptors (Lipinski definition) is 6. The molecule has 0 aliphatic carbocycles. The van der Waals surface area contributed by atoms with Gasteiger partial charge in [-0.1, -0.05) is 30.3 Å². The highest BCUT2D eigenvalue weighted by molar-refractivity contribution is 5.91. The van der Waals surface area contributed by atoms with E-state index in [4.69, 9.17) is 0 Å². The van der Waals surface area contributed by atoms with Crippen molar-refractivity contribution in [3.8, 4) is 0 Å². The number of imidazole rings is 1. The van der Waals surface area contributed by atoms with Gasteiger partial charge < -0.3 is 14.6 Å². The standard InChI is InChI=1S/C19H18N4O4/c1-22-11-10-20-18(22)17(13-6-4-3-5-7-13)21-15-9-8-14(19(24)27-2)12-16(15)23(25)26/h3-12,17,21H,1-2H3/t17-/m0/s1. The van der Waals surface area contributed by atoms with E-state index in [2.05, 4.69) is 15.0 Å². The number of hydrogen-bond donors (Lipinski definition) is 1. The molecular formula is C19H18N4O4. The Bertz CT molecular complexity index is 969. The van der Waals surface area contributed by atoms with Gasteiger partial charge in [0.2, 0.25) is 0 Å². The molecule has 8 heteroatoms. The molecule has 0 amide bonds. The highest BCUT2D eigenvalue weighted by Gasteiger charge is 2.24. The van der Waals surface area contributed by atoms with Crippen LogP contribution in [0.15, 0.2) is 60.9 Å². The molecule has 27 heavy (non-hydrogen) atoms. The number of nitro benzene ring substituents is 1. The number of ether oxygens (including phenoxy) is 1. The molecule has 0 saturated carbocycles. The van der Waals surface area contributed by atoms with Crippen molar-refractivity contribution in [3.63, 3.8) is 0 Å². The van der Waals surface area contributed by atoms with Crippen molar-refractivity contribution in [2.45, 2.75) is 6.04 Å². The Labute approximate surface area is 155 Å². The summed E-state index contributed by atoms with van der Waals surface area (Å²) in [6, 6.07) is 13.3. The number of benzene rings is 2. The molecule has 0 radical (unpaired) electrons. The number of carbonyl (C=O) groups excluding carboxylic acids is 1. The Hall–Kier alpha value is -3.68. The number of anilines is 1. The maximum absolute atomic E-state index is 11.7. The number of aryl methyl sites for hydroxylation is 1. The third kappa shape index (κ3) is 3.79. The van der Waals surface area contributed by atoms with E-state index in [1.54, 1.807) is 6.20 Å². The minimum atomic E-state index is -0.631. The van der Waals surface area contributed by atoms with Gasteiger partial charge in [-0.05, 0) is 17.7 Å². The van der Waals surface area contributed by atoms with Crippen molar-refractivity contribution in [2.75, 3.05) is 12.4 Å². The molecule has 0 aliphatic rings. The minimum absolute atomic E-state index is 0.114. The van der Waals surface area contributed by atoms with E-state index in [1.165, 1.54) is 25.3 Å². The first-order chi connectivity index (χ1) is 13.0. The molecule has 0 saturated heterocycles. The van der Waals surface area contributed by atoms with Gasteiger partial charge in [-0.25, -0.2) is 9.78 Å². The van der Waals surface area contributed by atoms with E-state index in [-0.39, 0.29) is 16.9 Å². The lowest BCUT2D eigenvalue weighted by molar-refractivity contribution is -0.384. The SMILES string of the molecule is COC(=O)c1ccc(N[C@@H](c2ccccc2)c2nccn2C)c([N+](=O)[O-])c1. The predicted molar refractivity (Wildman–Crippen MR) is 99.6 cm³/mol. The number of methoxy groups -OCH3 is 1. The molecule has 2 aromatic carbocycles. The fraction of sp³-hybridized carbons (Fsp3) is 0.158. The summed E-state index contributed by atoms with van der Waals surface area (Å²) in [5, 5.41) is 14.7. The van der Waals surface area contributed by atoms with Crippen LogP contribution in [0.25, 0.3) is 0 Å². The van der Waals surface area contributed by atoms with E-state index in [0.29, 0.717) is 5.82 Å². The zero-order chi connectivity index (χ0) is 19.4. The van der Waals surface area contributed by atoms with Crippen molar-refractivity contribution < 1.29 is 14.5 Å². The number of nitro groups is 1. The summed E-state index contributed by atoms with van der Waals surface area (Å²) >= 11 is 0. The van der Waals surface area contributed by atoms with Crippen molar-refractivity contribution in [3.05, 3.63) is 88.0 Å². The monoisotopic (exact) mass is 366 g/mol. The molecule has 1 aromatic heterocycles. The molecular weight excluding hydrogens is 348 g/mol. The van der Waals surface area contributed by atoms with Crippen LogP contribution in [0, 0.1) is 10.1 Å². The second-order valence-corrected chi connectivity index (χ2v) is 5.86. The summed E-state index contributed by atoms with van der Waals surface area (Å²) in [5.41, 5.74) is 1.08. The molecule has 0 unspecified atom stereocenters. The van der Waals surface area contributed by atoms with Crippen LogP contribution in [0.1, 0.15) is 27.8 Å². The van der Waals surface area contributed by atoms with Gasteiger partial charge >= 0.3 is 5.97 Å². The van der Waals surface area contributed by atoms with E-state index in [0.717, 1.165) is 5.56 Å². The summed E-state index contributed by atoms with van der Waals surface area (Å²) < 4.78 is 6.49. The van der Waals surface area contributed by atoms with Crippen molar-refractivity contribution >= 4 is 17.3 Å². The van der Waals surface area contributed by atoms with Crippen LogP contribution in [0.5, 0.6) is 0 Å². The average Bonchev–Trinajstić information content (AvgIpc) is 3.11. The molecule has 0 bridgehead atoms. The fourth-order valence-corrected chi connectivity index (χ4v) is 2.80. The Morgan fingerprint density at radius 1 is 1.26 bits per heavy atom. The summed E-state index contributed by atoms with van der Waals surface area (Å²) in [4.78, 5) is 27.1. The molecule has 0 spiro atoms. The molecule has 3 aromatic rings. The highest BCUT2D eigenvalue weighted by Crippen LogP contribution is 2.32. The lowest BCUT2D eigenvalue weighted by Crippen LogP contribution is -2.17. The largest absolute Gasteiger partial charge is 0.465 e. The van der Waals surface area contributed by atoms with Crippen molar-refractivity contribution in [2.24, 2.45) is 7.05 Å². The molecule has 8 nitrogen and oxygen atoms in total. The van der Waals surface area contributed by atoms with Gasteiger partial charge in [-0.2, -0.15) is 0 Å². The second-order valence-electron chi connectivity index (χ2n) is 5.86. The minimum Gasteiger partial charge on any atom is -0.465 e. The Balaban J connectivity index is 2.05. The van der Waals surface area contributed by atoms with Gasteiger partial charge in [-0.15, -0.1) is 0 Å². The zero-order valence-electron chi connectivity index (χ0n) is 14.8. The number of rotatable bonds is 6. The number of nitrogens with zero attached hydrogens (tertiary/aromatic N) is 3. The van der Waals surface area contributed by atoms with Crippen LogP contribution in [-0.2, 0) is 11.8 Å². The van der Waals surface area contributed by atoms with Gasteiger partial charge in [0.25, 0.3) is 5.69 Å². The first-order valence-electron chi connectivity index (χ1n) is 8.16. The number of esters is 1. The lowest BCUT2D eigenvalue weighted by Gasteiger charge is -2.20. The average molecular weight is 366 g/mol. The maximum Gasteiger partial charge on any atom is 0.338 e. The number of aromatic nitrogens is 2. The van der Waals surface area contributed by atoms with Gasteiger partial charge in [0.05, 0.1) is 17.6 Å². The van der Waals surface area contributed by atoms with Gasteiger partial charge in [0.15, 0.2) is 0 Å². The van der Waals surface area contributed by atoms with Crippen molar-refractivity contribution in [1.82, 2.24) is 9.55 Å². The number of nitrogens with one attached hydrogen (secondary N) is 1. The molecule has 138 valence electrons. The maximum atomic E-state index is 11.7. The third-order valence-electron chi connectivity index (χ3n) is 4.16. The fourth-order valence-electron chi connectivity index (χ4n) is 2.80. The predicted octanol–water partition coefficient (Wildman–Crippen LogP) is 3.32. The van der Waals surface area contributed by atoms with Crippen molar-refractivity contribution in [1.29, 1.82) is 0 Å². The van der Waals surface area contributed by atoms with Crippen LogP contribution in [0.2, 0.25) is 0 Å². The van der Waals surface area contributed by atoms with Crippen LogP contribution < -0.4 is 5.32 Å². The quantitative estimate of drug-likeness (QED) is 0.408. The lowest BCUT2D eigenvalue weighted by atomic mass is 10.0. The van der Waals surface area contributed by atoms with Gasteiger partial charge in [0, 0.05) is 25.5 Å². The van der Waals surface area contributed by atoms with E-state index < -0.39 is 16.9 Å². The Morgan fingerprint density at radius 2 is 2.00 bits per heavy atom. The smallest absolute Gasteiger partial charge is 0.338 e. The summed E-state index contributed by atoms with van der Waals surface area (Å²) in [5.74, 6) is 0.0703. The molecule has 0 aliphatic heterocycles. The van der Waals surface area contributed by atoms with Gasteiger partial charge in [-0.3, -0.25) is 10.1 Å². The second kappa shape index (κ2) is 7.69.